The van der Waals surface area contributed by atoms with E-state index in [1.165, 1.54) is 0 Å². The summed E-state index contributed by atoms with van der Waals surface area (Å²) >= 11 is 0. The smallest absolute Gasteiger partial charge is 0.336 e. The molecule has 1 rings (SSSR count). The van der Waals surface area contributed by atoms with Crippen molar-refractivity contribution >= 4 is 11.9 Å². The van der Waals surface area contributed by atoms with Crippen LogP contribution in [0.15, 0.2) is 36.4 Å². The van der Waals surface area contributed by atoms with Gasteiger partial charge in [0, 0.05) is 12.2 Å². The second kappa shape index (κ2) is 8.79. The van der Waals surface area contributed by atoms with Gasteiger partial charge in [0.05, 0.1) is 12.7 Å². The molecule has 0 unspecified atom stereocenters. The number of carbonyl (C=O) groups excluding carboxylic acids is 2. The molecule has 1 aromatic carbocycles. The lowest BCUT2D eigenvalue weighted by atomic mass is 10.3. The van der Waals surface area contributed by atoms with Gasteiger partial charge in [-0.3, -0.25) is 0 Å². The normalized spacial score (nSPS) is 10.7. The van der Waals surface area contributed by atoms with Crippen LogP contribution in [0.3, 0.4) is 0 Å². The zero-order valence-electron chi connectivity index (χ0n) is 12.5. The Bertz CT molecular complexity index is 505. The minimum absolute atomic E-state index is 0.0376. The standard InChI is InChI=1S/C16H20O5/c1-4-11-19-15(17)9-10-16(18)21-14-8-6-5-7-13(14)20-12(2)3/h5-10,12H,4,11H2,1-3H3/b10-9+. The van der Waals surface area contributed by atoms with E-state index >= 15 is 0 Å². The molecular formula is C16H20O5. The zero-order chi connectivity index (χ0) is 15.7. The Morgan fingerprint density at radius 2 is 1.71 bits per heavy atom. The third kappa shape index (κ3) is 6.61. The summed E-state index contributed by atoms with van der Waals surface area (Å²) in [6, 6.07) is 6.85. The summed E-state index contributed by atoms with van der Waals surface area (Å²) in [4.78, 5) is 22.9. The lowest BCUT2D eigenvalue weighted by Gasteiger charge is -2.13. The van der Waals surface area contributed by atoms with Gasteiger partial charge in [0.2, 0.25) is 0 Å². The maximum absolute atomic E-state index is 11.7. The summed E-state index contributed by atoms with van der Waals surface area (Å²) in [5, 5.41) is 0. The van der Waals surface area contributed by atoms with Gasteiger partial charge in [0.25, 0.3) is 0 Å². The van der Waals surface area contributed by atoms with Crippen molar-refractivity contribution in [3.8, 4) is 11.5 Å². The van der Waals surface area contributed by atoms with Crippen molar-refractivity contribution < 1.29 is 23.8 Å². The Morgan fingerprint density at radius 3 is 2.33 bits per heavy atom. The molecule has 0 aliphatic heterocycles. The Morgan fingerprint density at radius 1 is 1.10 bits per heavy atom. The summed E-state index contributed by atoms with van der Waals surface area (Å²) < 4.78 is 15.5. The molecule has 0 N–H and O–H groups in total. The monoisotopic (exact) mass is 292 g/mol. The molecule has 5 nitrogen and oxygen atoms in total. The first-order chi connectivity index (χ1) is 10.0. The molecule has 0 heterocycles. The second-order valence-corrected chi connectivity index (χ2v) is 4.54. The molecule has 0 aromatic heterocycles. The Labute approximate surface area is 124 Å². The van der Waals surface area contributed by atoms with Gasteiger partial charge in [-0.25, -0.2) is 9.59 Å². The number of hydrogen-bond acceptors (Lipinski definition) is 5. The van der Waals surface area contributed by atoms with E-state index in [4.69, 9.17) is 14.2 Å². The van der Waals surface area contributed by atoms with Gasteiger partial charge < -0.3 is 14.2 Å². The molecule has 0 fully saturated rings. The number of para-hydroxylation sites is 2. The van der Waals surface area contributed by atoms with Crippen LogP contribution in [0.5, 0.6) is 11.5 Å². The van der Waals surface area contributed by atoms with Crippen molar-refractivity contribution in [3.05, 3.63) is 36.4 Å². The van der Waals surface area contributed by atoms with Gasteiger partial charge >= 0.3 is 11.9 Å². The van der Waals surface area contributed by atoms with E-state index in [1.54, 1.807) is 24.3 Å². The number of ether oxygens (including phenoxy) is 3. The number of rotatable bonds is 7. The molecule has 0 saturated heterocycles. The molecule has 21 heavy (non-hydrogen) atoms. The highest BCUT2D eigenvalue weighted by Crippen LogP contribution is 2.27. The second-order valence-electron chi connectivity index (χ2n) is 4.54. The first kappa shape index (κ1) is 16.8. The van der Waals surface area contributed by atoms with Crippen LogP contribution in [0.25, 0.3) is 0 Å². The zero-order valence-corrected chi connectivity index (χ0v) is 12.5. The van der Waals surface area contributed by atoms with Crippen LogP contribution in [0.1, 0.15) is 27.2 Å². The van der Waals surface area contributed by atoms with Crippen LogP contribution < -0.4 is 9.47 Å². The van der Waals surface area contributed by atoms with Crippen LogP contribution in [0.2, 0.25) is 0 Å². The topological polar surface area (TPSA) is 61.8 Å². The number of benzene rings is 1. The van der Waals surface area contributed by atoms with Crippen LogP contribution in [0.4, 0.5) is 0 Å². The van der Waals surface area contributed by atoms with Crippen LogP contribution in [-0.2, 0) is 14.3 Å². The minimum atomic E-state index is -0.664. The fourth-order valence-corrected chi connectivity index (χ4v) is 1.42. The first-order valence-corrected chi connectivity index (χ1v) is 6.85. The van der Waals surface area contributed by atoms with Gasteiger partial charge in [0.15, 0.2) is 11.5 Å². The first-order valence-electron chi connectivity index (χ1n) is 6.85. The molecular weight excluding hydrogens is 272 g/mol. The summed E-state index contributed by atoms with van der Waals surface area (Å²) in [5.74, 6) is -0.450. The van der Waals surface area contributed by atoms with E-state index in [1.807, 2.05) is 20.8 Å². The lowest BCUT2D eigenvalue weighted by Crippen LogP contribution is -2.10. The number of esters is 2. The highest BCUT2D eigenvalue weighted by atomic mass is 16.6. The van der Waals surface area contributed by atoms with Crippen molar-refractivity contribution in [1.82, 2.24) is 0 Å². The van der Waals surface area contributed by atoms with E-state index in [-0.39, 0.29) is 6.10 Å². The molecule has 0 aliphatic rings. The van der Waals surface area contributed by atoms with Crippen LogP contribution in [0, 0.1) is 0 Å². The Balaban J connectivity index is 2.62. The average molecular weight is 292 g/mol. The molecule has 0 atom stereocenters. The minimum Gasteiger partial charge on any atom is -0.487 e. The van der Waals surface area contributed by atoms with Gasteiger partial charge in [-0.2, -0.15) is 0 Å². The molecule has 0 amide bonds. The molecule has 0 spiro atoms. The summed E-state index contributed by atoms with van der Waals surface area (Å²) in [6.07, 6.45) is 2.77. The maximum atomic E-state index is 11.7. The van der Waals surface area contributed by atoms with Crippen LogP contribution in [-0.4, -0.2) is 24.6 Å². The third-order valence-corrected chi connectivity index (χ3v) is 2.23. The van der Waals surface area contributed by atoms with Gasteiger partial charge in [-0.15, -0.1) is 0 Å². The summed E-state index contributed by atoms with van der Waals surface area (Å²) in [6.45, 7) is 5.96. The lowest BCUT2D eigenvalue weighted by molar-refractivity contribution is -0.138. The molecule has 0 saturated carbocycles. The van der Waals surface area contributed by atoms with E-state index in [0.29, 0.717) is 18.1 Å². The fourth-order valence-electron chi connectivity index (χ4n) is 1.42. The highest BCUT2D eigenvalue weighted by Gasteiger charge is 2.09. The van der Waals surface area contributed by atoms with Crippen molar-refractivity contribution in [3.63, 3.8) is 0 Å². The van der Waals surface area contributed by atoms with E-state index in [9.17, 15) is 9.59 Å². The van der Waals surface area contributed by atoms with Gasteiger partial charge in [-0.1, -0.05) is 19.1 Å². The van der Waals surface area contributed by atoms with Crippen molar-refractivity contribution in [1.29, 1.82) is 0 Å². The van der Waals surface area contributed by atoms with Crippen molar-refractivity contribution in [2.75, 3.05) is 6.61 Å². The third-order valence-electron chi connectivity index (χ3n) is 2.23. The quantitative estimate of drug-likeness (QED) is 0.439. The maximum Gasteiger partial charge on any atom is 0.336 e. The molecule has 1 aromatic rings. The molecule has 0 aliphatic carbocycles. The van der Waals surface area contributed by atoms with E-state index < -0.39 is 11.9 Å². The SMILES string of the molecule is CCCOC(=O)/C=C/C(=O)Oc1ccccc1OC(C)C. The fraction of sp³-hybridized carbons (Fsp3) is 0.375. The Hall–Kier alpha value is -2.30. The van der Waals surface area contributed by atoms with Gasteiger partial charge in [-0.05, 0) is 32.4 Å². The number of carbonyl (C=O) groups is 2. The summed E-state index contributed by atoms with van der Waals surface area (Å²) in [5.41, 5.74) is 0. The average Bonchev–Trinajstić information content (AvgIpc) is 2.44. The molecule has 5 heteroatoms. The predicted molar refractivity (Wildman–Crippen MR) is 78.2 cm³/mol. The van der Waals surface area contributed by atoms with E-state index in [2.05, 4.69) is 0 Å². The highest BCUT2D eigenvalue weighted by molar-refractivity contribution is 5.92. The largest absolute Gasteiger partial charge is 0.487 e. The van der Waals surface area contributed by atoms with Gasteiger partial charge in [0.1, 0.15) is 0 Å². The predicted octanol–water partition coefficient (Wildman–Crippen LogP) is 2.89. The van der Waals surface area contributed by atoms with Crippen LogP contribution >= 0.6 is 0 Å². The van der Waals surface area contributed by atoms with E-state index in [0.717, 1.165) is 18.6 Å². The Kier molecular flexibility index (Phi) is 7.01. The van der Waals surface area contributed by atoms with Crippen molar-refractivity contribution in [2.24, 2.45) is 0 Å². The molecule has 114 valence electrons. The van der Waals surface area contributed by atoms with Crippen molar-refractivity contribution in [2.45, 2.75) is 33.3 Å². The molecule has 0 radical (unpaired) electrons. The molecule has 0 bridgehead atoms. The summed E-state index contributed by atoms with van der Waals surface area (Å²) in [7, 11) is 0. The number of hydrogen-bond donors (Lipinski definition) is 0.